The lowest BCUT2D eigenvalue weighted by molar-refractivity contribution is -0.137. The molecule has 1 aliphatic rings. The molecule has 100 valence electrons. The molecule has 0 bridgehead atoms. The first kappa shape index (κ1) is 13.7. The van der Waals surface area contributed by atoms with E-state index in [0.717, 1.165) is 18.2 Å². The van der Waals surface area contributed by atoms with Crippen molar-refractivity contribution in [2.45, 2.75) is 37.4 Å². The first-order valence-electron chi connectivity index (χ1n) is 5.96. The largest absolute Gasteiger partial charge is 0.416 e. The third-order valence-corrected chi connectivity index (χ3v) is 4.40. The Morgan fingerprint density at radius 1 is 1.39 bits per heavy atom. The summed E-state index contributed by atoms with van der Waals surface area (Å²) in [7, 11) is 0. The van der Waals surface area contributed by atoms with Gasteiger partial charge in [-0.25, -0.2) is 0 Å². The average Bonchev–Trinajstić information content (AvgIpc) is 2.72. The number of nitrogens with one attached hydrogen (secondary N) is 1. The van der Waals surface area contributed by atoms with Crippen LogP contribution in [0.15, 0.2) is 24.3 Å². The van der Waals surface area contributed by atoms with Crippen molar-refractivity contribution in [2.75, 3.05) is 5.75 Å². The van der Waals surface area contributed by atoms with Crippen LogP contribution in [0.1, 0.15) is 24.5 Å². The summed E-state index contributed by atoms with van der Waals surface area (Å²) >= 11 is 1.91. The Morgan fingerprint density at radius 3 is 2.78 bits per heavy atom. The van der Waals surface area contributed by atoms with E-state index in [1.165, 1.54) is 12.1 Å². The van der Waals surface area contributed by atoms with Crippen molar-refractivity contribution in [3.05, 3.63) is 35.4 Å². The highest BCUT2D eigenvalue weighted by Crippen LogP contribution is 2.30. The van der Waals surface area contributed by atoms with Gasteiger partial charge < -0.3 is 5.32 Å². The number of halogens is 3. The zero-order valence-electron chi connectivity index (χ0n) is 10.1. The molecule has 1 aliphatic heterocycles. The molecule has 2 rings (SSSR count). The minimum Gasteiger partial charge on any atom is -0.309 e. The Morgan fingerprint density at radius 2 is 2.17 bits per heavy atom. The summed E-state index contributed by atoms with van der Waals surface area (Å²) < 4.78 is 37.6. The summed E-state index contributed by atoms with van der Waals surface area (Å²) in [5.41, 5.74) is 0.116. The number of rotatable bonds is 3. The topological polar surface area (TPSA) is 12.0 Å². The number of benzene rings is 1. The van der Waals surface area contributed by atoms with Crippen molar-refractivity contribution in [2.24, 2.45) is 0 Å². The van der Waals surface area contributed by atoms with E-state index in [4.69, 9.17) is 0 Å². The maximum Gasteiger partial charge on any atom is 0.416 e. The molecule has 1 aromatic rings. The lowest BCUT2D eigenvalue weighted by Gasteiger charge is -2.13. The summed E-state index contributed by atoms with van der Waals surface area (Å²) in [6, 6.07) is 5.94. The van der Waals surface area contributed by atoms with Gasteiger partial charge in [0.1, 0.15) is 0 Å². The van der Waals surface area contributed by atoms with E-state index < -0.39 is 11.7 Å². The van der Waals surface area contributed by atoms with Crippen LogP contribution in [0.25, 0.3) is 0 Å². The van der Waals surface area contributed by atoms with E-state index in [9.17, 15) is 13.2 Å². The Balaban J connectivity index is 1.93. The molecule has 1 aromatic carbocycles. The Bertz CT molecular complexity index is 405. The van der Waals surface area contributed by atoms with Crippen LogP contribution in [-0.4, -0.2) is 17.0 Å². The van der Waals surface area contributed by atoms with Crippen molar-refractivity contribution in [3.8, 4) is 0 Å². The maximum absolute atomic E-state index is 12.5. The SMILES string of the molecule is CC1CC(NCc2cccc(C(F)(F)F)c2)CS1. The average molecular weight is 275 g/mol. The zero-order valence-corrected chi connectivity index (χ0v) is 10.9. The molecular formula is C13H16F3NS. The fourth-order valence-electron chi connectivity index (χ4n) is 2.08. The molecule has 1 nitrogen and oxygen atoms in total. The third kappa shape index (κ3) is 3.65. The van der Waals surface area contributed by atoms with Crippen LogP contribution in [0.4, 0.5) is 13.2 Å². The minimum absolute atomic E-state index is 0.416. The summed E-state index contributed by atoms with van der Waals surface area (Å²) in [4.78, 5) is 0. The summed E-state index contributed by atoms with van der Waals surface area (Å²) in [5, 5.41) is 3.96. The fraction of sp³-hybridized carbons (Fsp3) is 0.538. The molecule has 2 unspecified atom stereocenters. The zero-order chi connectivity index (χ0) is 13.2. The summed E-state index contributed by atoms with van der Waals surface area (Å²) in [6.45, 7) is 2.68. The van der Waals surface area contributed by atoms with E-state index in [-0.39, 0.29) is 0 Å². The Labute approximate surface area is 109 Å². The summed E-state index contributed by atoms with van der Waals surface area (Å²) in [5.74, 6) is 1.04. The molecule has 0 spiro atoms. The standard InChI is InChI=1S/C13H16F3NS/c1-9-5-12(8-18-9)17-7-10-3-2-4-11(6-10)13(14,15)16/h2-4,6,9,12,17H,5,7-8H2,1H3. The molecule has 1 N–H and O–H groups in total. The highest BCUT2D eigenvalue weighted by molar-refractivity contribution is 8.00. The van der Waals surface area contributed by atoms with E-state index >= 15 is 0 Å². The predicted octanol–water partition coefficient (Wildman–Crippen LogP) is 3.69. The predicted molar refractivity (Wildman–Crippen MR) is 68.6 cm³/mol. The van der Waals surface area contributed by atoms with Crippen molar-refractivity contribution >= 4 is 11.8 Å². The van der Waals surface area contributed by atoms with E-state index in [2.05, 4.69) is 12.2 Å². The maximum atomic E-state index is 12.5. The quantitative estimate of drug-likeness (QED) is 0.903. The van der Waals surface area contributed by atoms with E-state index in [0.29, 0.717) is 23.4 Å². The van der Waals surface area contributed by atoms with Crippen LogP contribution in [0, 0.1) is 0 Å². The lowest BCUT2D eigenvalue weighted by atomic mass is 10.1. The van der Waals surface area contributed by atoms with Crippen molar-refractivity contribution in [3.63, 3.8) is 0 Å². The van der Waals surface area contributed by atoms with Gasteiger partial charge in [-0.05, 0) is 18.1 Å². The van der Waals surface area contributed by atoms with Crippen LogP contribution in [0.3, 0.4) is 0 Å². The molecule has 1 saturated heterocycles. The molecule has 0 saturated carbocycles. The van der Waals surface area contributed by atoms with Crippen molar-refractivity contribution in [1.29, 1.82) is 0 Å². The van der Waals surface area contributed by atoms with Gasteiger partial charge in [-0.2, -0.15) is 24.9 Å². The van der Waals surface area contributed by atoms with Gasteiger partial charge in [0.25, 0.3) is 0 Å². The number of thioether (sulfide) groups is 1. The number of hydrogen-bond acceptors (Lipinski definition) is 2. The molecule has 0 radical (unpaired) electrons. The molecule has 1 heterocycles. The van der Waals surface area contributed by atoms with Gasteiger partial charge in [-0.15, -0.1) is 0 Å². The molecule has 0 aliphatic carbocycles. The molecule has 2 atom stereocenters. The van der Waals surface area contributed by atoms with E-state index in [1.807, 2.05) is 11.8 Å². The summed E-state index contributed by atoms with van der Waals surface area (Å²) in [6.07, 6.45) is -3.17. The van der Waals surface area contributed by atoms with Crippen LogP contribution >= 0.6 is 11.8 Å². The van der Waals surface area contributed by atoms with Gasteiger partial charge in [-0.3, -0.25) is 0 Å². The Kier molecular flexibility index (Phi) is 4.22. The highest BCUT2D eigenvalue weighted by Gasteiger charge is 2.30. The highest BCUT2D eigenvalue weighted by atomic mass is 32.2. The fourth-order valence-corrected chi connectivity index (χ4v) is 3.26. The van der Waals surface area contributed by atoms with Crippen molar-refractivity contribution < 1.29 is 13.2 Å². The van der Waals surface area contributed by atoms with E-state index in [1.54, 1.807) is 6.07 Å². The second-order valence-corrected chi connectivity index (χ2v) is 6.13. The van der Waals surface area contributed by atoms with Gasteiger partial charge in [0.05, 0.1) is 5.56 Å². The van der Waals surface area contributed by atoms with Gasteiger partial charge in [0, 0.05) is 23.6 Å². The van der Waals surface area contributed by atoms with Crippen LogP contribution < -0.4 is 5.32 Å². The monoisotopic (exact) mass is 275 g/mol. The van der Waals surface area contributed by atoms with Crippen LogP contribution in [0.2, 0.25) is 0 Å². The molecule has 0 aromatic heterocycles. The molecular weight excluding hydrogens is 259 g/mol. The molecule has 18 heavy (non-hydrogen) atoms. The van der Waals surface area contributed by atoms with Crippen molar-refractivity contribution in [1.82, 2.24) is 5.32 Å². The number of alkyl halides is 3. The molecule has 5 heteroatoms. The van der Waals surface area contributed by atoms with Gasteiger partial charge in [-0.1, -0.05) is 25.1 Å². The smallest absolute Gasteiger partial charge is 0.309 e. The number of hydrogen-bond donors (Lipinski definition) is 1. The third-order valence-electron chi connectivity index (χ3n) is 3.05. The lowest BCUT2D eigenvalue weighted by Crippen LogP contribution is -2.28. The Hall–Kier alpha value is -0.680. The second kappa shape index (κ2) is 5.53. The normalized spacial score (nSPS) is 24.4. The second-order valence-electron chi connectivity index (χ2n) is 4.66. The van der Waals surface area contributed by atoms with Crippen LogP contribution in [-0.2, 0) is 12.7 Å². The molecule has 0 amide bonds. The van der Waals surface area contributed by atoms with Crippen LogP contribution in [0.5, 0.6) is 0 Å². The van der Waals surface area contributed by atoms with Gasteiger partial charge in [0.2, 0.25) is 0 Å². The van der Waals surface area contributed by atoms with Gasteiger partial charge >= 0.3 is 6.18 Å². The first-order valence-corrected chi connectivity index (χ1v) is 7.01. The first-order chi connectivity index (χ1) is 8.45. The van der Waals surface area contributed by atoms with Gasteiger partial charge in [0.15, 0.2) is 0 Å². The minimum atomic E-state index is -4.26. The molecule has 1 fully saturated rings.